The maximum atomic E-state index is 11.8. The number of non-ortho nitro benzene ring substituents is 1. The summed E-state index contributed by atoms with van der Waals surface area (Å²) in [6.45, 7) is 7.21. The van der Waals surface area contributed by atoms with Gasteiger partial charge in [0.05, 0.1) is 16.3 Å². The highest BCUT2D eigenvalue weighted by molar-refractivity contribution is 5.73. The van der Waals surface area contributed by atoms with Gasteiger partial charge in [-0.05, 0) is 30.2 Å². The Bertz CT molecular complexity index is 1420. The van der Waals surface area contributed by atoms with Gasteiger partial charge >= 0.3 is 0 Å². The van der Waals surface area contributed by atoms with Gasteiger partial charge in [-0.3, -0.25) is 19.8 Å². The molecule has 4 aromatic rings. The van der Waals surface area contributed by atoms with Gasteiger partial charge in [-0.25, -0.2) is 4.98 Å². The molecule has 2 aromatic heterocycles. The Labute approximate surface area is 203 Å². The van der Waals surface area contributed by atoms with E-state index in [2.05, 4.69) is 46.7 Å². The molecule has 5 rings (SSSR count). The van der Waals surface area contributed by atoms with Crippen LogP contribution < -0.4 is 0 Å². The quantitative estimate of drug-likeness (QED) is 0.316. The molecule has 8 heteroatoms. The smallest absolute Gasteiger partial charge is 0.270 e. The van der Waals surface area contributed by atoms with Crippen LogP contribution in [0.1, 0.15) is 18.2 Å². The molecule has 0 N–H and O–H groups in total. The summed E-state index contributed by atoms with van der Waals surface area (Å²) in [5.41, 5.74) is 6.66. The normalized spacial score (nSPS) is 14.4. The molecular weight excluding hydrogens is 442 g/mol. The number of amides is 1. The first-order valence-electron chi connectivity index (χ1n) is 11.7. The summed E-state index contributed by atoms with van der Waals surface area (Å²) in [5, 5.41) is 11.4. The molecule has 1 fully saturated rings. The average molecular weight is 470 g/mol. The van der Waals surface area contributed by atoms with Gasteiger partial charge in [-0.15, -0.1) is 0 Å². The zero-order valence-corrected chi connectivity index (χ0v) is 19.8. The molecule has 3 heterocycles. The third kappa shape index (κ3) is 4.65. The molecule has 0 aliphatic carbocycles. The number of aromatic nitrogens is 2. The van der Waals surface area contributed by atoms with Crippen molar-refractivity contribution < 1.29 is 9.72 Å². The Balaban J connectivity index is 1.59. The molecule has 0 saturated carbocycles. The van der Waals surface area contributed by atoms with E-state index in [9.17, 15) is 14.9 Å². The molecule has 35 heavy (non-hydrogen) atoms. The van der Waals surface area contributed by atoms with Crippen LogP contribution in [0.25, 0.3) is 28.0 Å². The fourth-order valence-corrected chi connectivity index (χ4v) is 4.67. The van der Waals surface area contributed by atoms with Crippen LogP contribution in [0.4, 0.5) is 5.69 Å². The lowest BCUT2D eigenvalue weighted by Gasteiger charge is -2.34. The lowest BCUT2D eigenvalue weighted by atomic mass is 10.1. The first-order chi connectivity index (χ1) is 16.9. The molecule has 1 aliphatic rings. The van der Waals surface area contributed by atoms with Gasteiger partial charge in [-0.1, -0.05) is 42.0 Å². The van der Waals surface area contributed by atoms with Crippen molar-refractivity contribution >= 4 is 17.2 Å². The van der Waals surface area contributed by atoms with Crippen LogP contribution in [-0.4, -0.2) is 56.2 Å². The van der Waals surface area contributed by atoms with E-state index in [0.29, 0.717) is 19.6 Å². The van der Waals surface area contributed by atoms with E-state index in [0.717, 1.165) is 46.8 Å². The minimum absolute atomic E-state index is 0.0426. The number of benzene rings is 2. The van der Waals surface area contributed by atoms with Crippen LogP contribution in [-0.2, 0) is 11.3 Å². The van der Waals surface area contributed by atoms with E-state index < -0.39 is 0 Å². The topological polar surface area (TPSA) is 84.0 Å². The maximum Gasteiger partial charge on any atom is 0.270 e. The highest BCUT2D eigenvalue weighted by Crippen LogP contribution is 2.30. The number of fused-ring (bicyclic) bond motifs is 1. The minimum Gasteiger partial charge on any atom is -0.340 e. The van der Waals surface area contributed by atoms with Crippen molar-refractivity contribution in [1.82, 2.24) is 19.2 Å². The SMILES string of the molecule is CC(=O)N1CCN(Cc2c(-c3cccc([N+](=O)[O-])c3)nc3ccc(-c4cccc(C)c4)cn23)CC1. The lowest BCUT2D eigenvalue weighted by molar-refractivity contribution is -0.384. The summed E-state index contributed by atoms with van der Waals surface area (Å²) in [6.07, 6.45) is 2.10. The van der Waals surface area contributed by atoms with Crippen molar-refractivity contribution in [2.24, 2.45) is 0 Å². The first kappa shape index (κ1) is 22.7. The fraction of sp³-hybridized carbons (Fsp3) is 0.259. The molecule has 0 spiro atoms. The second-order valence-corrected chi connectivity index (χ2v) is 9.01. The van der Waals surface area contributed by atoms with Crippen molar-refractivity contribution in [1.29, 1.82) is 0 Å². The van der Waals surface area contributed by atoms with Gasteiger partial charge in [0.2, 0.25) is 5.91 Å². The highest BCUT2D eigenvalue weighted by atomic mass is 16.6. The number of nitro benzene ring substituents is 1. The molecule has 2 aromatic carbocycles. The van der Waals surface area contributed by atoms with Crippen LogP contribution in [0.3, 0.4) is 0 Å². The molecule has 1 aliphatic heterocycles. The van der Waals surface area contributed by atoms with E-state index in [1.807, 2.05) is 23.1 Å². The zero-order valence-electron chi connectivity index (χ0n) is 19.8. The van der Waals surface area contributed by atoms with E-state index in [1.54, 1.807) is 19.1 Å². The summed E-state index contributed by atoms with van der Waals surface area (Å²) in [5.74, 6) is 0.0968. The Morgan fingerprint density at radius 1 is 0.971 bits per heavy atom. The number of pyridine rings is 1. The van der Waals surface area contributed by atoms with Gasteiger partial charge in [-0.2, -0.15) is 0 Å². The van der Waals surface area contributed by atoms with Gasteiger partial charge in [0.25, 0.3) is 5.69 Å². The number of hydrogen-bond donors (Lipinski definition) is 0. The maximum absolute atomic E-state index is 11.8. The number of carbonyl (C=O) groups excluding carboxylic acids is 1. The third-order valence-corrected chi connectivity index (χ3v) is 6.59. The summed E-state index contributed by atoms with van der Waals surface area (Å²) >= 11 is 0. The van der Waals surface area contributed by atoms with Gasteiger partial charge < -0.3 is 9.30 Å². The predicted octanol–water partition coefficient (Wildman–Crippen LogP) is 4.55. The van der Waals surface area contributed by atoms with Gasteiger partial charge in [0.15, 0.2) is 0 Å². The highest BCUT2D eigenvalue weighted by Gasteiger charge is 2.23. The molecule has 0 radical (unpaired) electrons. The number of nitro groups is 1. The zero-order chi connectivity index (χ0) is 24.5. The molecule has 8 nitrogen and oxygen atoms in total. The van der Waals surface area contributed by atoms with E-state index in [-0.39, 0.29) is 16.5 Å². The number of piperazine rings is 1. The van der Waals surface area contributed by atoms with Crippen LogP contribution in [0.15, 0.2) is 66.9 Å². The second-order valence-electron chi connectivity index (χ2n) is 9.01. The largest absolute Gasteiger partial charge is 0.340 e. The average Bonchev–Trinajstić information content (AvgIpc) is 3.22. The molecule has 0 atom stereocenters. The first-order valence-corrected chi connectivity index (χ1v) is 11.7. The standard InChI is InChI=1S/C27H27N5O3/c1-19-5-3-6-21(15-19)23-9-10-26-28-27(22-7-4-8-24(16-22)32(34)35)25(31(26)17-23)18-29-11-13-30(14-12-29)20(2)33/h3-10,15-17H,11-14,18H2,1-2H3. The lowest BCUT2D eigenvalue weighted by Crippen LogP contribution is -2.47. The molecule has 1 amide bonds. The molecule has 178 valence electrons. The van der Waals surface area contributed by atoms with E-state index in [1.165, 1.54) is 11.6 Å². The Morgan fingerprint density at radius 3 is 2.43 bits per heavy atom. The van der Waals surface area contributed by atoms with Crippen molar-refractivity contribution in [3.8, 4) is 22.4 Å². The summed E-state index contributed by atoms with van der Waals surface area (Å²) in [6, 6.07) is 19.1. The van der Waals surface area contributed by atoms with Crippen LogP contribution in [0, 0.1) is 17.0 Å². The number of aryl methyl sites for hydroxylation is 1. The predicted molar refractivity (Wildman–Crippen MR) is 135 cm³/mol. The Morgan fingerprint density at radius 2 is 1.71 bits per heavy atom. The monoisotopic (exact) mass is 469 g/mol. The molecular formula is C27H27N5O3. The number of hydrogen-bond acceptors (Lipinski definition) is 5. The number of nitrogens with zero attached hydrogens (tertiary/aromatic N) is 5. The summed E-state index contributed by atoms with van der Waals surface area (Å²) in [4.78, 5) is 31.9. The van der Waals surface area contributed by atoms with Crippen molar-refractivity contribution in [2.75, 3.05) is 26.2 Å². The minimum atomic E-state index is -0.379. The van der Waals surface area contributed by atoms with Crippen LogP contribution in [0.5, 0.6) is 0 Å². The van der Waals surface area contributed by atoms with Crippen molar-refractivity contribution in [3.05, 3.63) is 88.2 Å². The molecule has 0 bridgehead atoms. The van der Waals surface area contributed by atoms with Crippen LogP contribution in [0.2, 0.25) is 0 Å². The van der Waals surface area contributed by atoms with Crippen molar-refractivity contribution in [2.45, 2.75) is 20.4 Å². The molecule has 1 saturated heterocycles. The van der Waals surface area contributed by atoms with E-state index >= 15 is 0 Å². The Hall–Kier alpha value is -4.04. The fourth-order valence-electron chi connectivity index (χ4n) is 4.67. The van der Waals surface area contributed by atoms with Crippen LogP contribution >= 0.6 is 0 Å². The van der Waals surface area contributed by atoms with E-state index in [4.69, 9.17) is 4.98 Å². The van der Waals surface area contributed by atoms with Crippen molar-refractivity contribution in [3.63, 3.8) is 0 Å². The summed E-state index contributed by atoms with van der Waals surface area (Å²) in [7, 11) is 0. The van der Waals surface area contributed by atoms with Gasteiger partial charge in [0, 0.05) is 63.5 Å². The number of imidazole rings is 1. The molecule has 0 unspecified atom stereocenters. The third-order valence-electron chi connectivity index (χ3n) is 6.59. The second kappa shape index (κ2) is 9.31. The van der Waals surface area contributed by atoms with Gasteiger partial charge in [0.1, 0.15) is 5.65 Å². The number of rotatable bonds is 5. The Kier molecular flexibility index (Phi) is 6.05. The summed E-state index contributed by atoms with van der Waals surface area (Å²) < 4.78 is 2.10. The number of carbonyl (C=O) groups is 1.